The molecule has 24 heavy (non-hydrogen) atoms. The van der Waals surface area contributed by atoms with Gasteiger partial charge in [-0.2, -0.15) is 0 Å². The van der Waals surface area contributed by atoms with Gasteiger partial charge < -0.3 is 4.74 Å². The normalized spacial score (nSPS) is 11.1. The maximum absolute atomic E-state index is 12.4. The highest BCUT2D eigenvalue weighted by atomic mass is 32.2. The van der Waals surface area contributed by atoms with E-state index >= 15 is 0 Å². The minimum Gasteiger partial charge on any atom is -0.497 e. The molecule has 1 aromatic heterocycles. The van der Waals surface area contributed by atoms with Crippen molar-refractivity contribution in [3.63, 3.8) is 0 Å². The highest BCUT2D eigenvalue weighted by Crippen LogP contribution is 2.24. The summed E-state index contributed by atoms with van der Waals surface area (Å²) in [5, 5.41) is 1.96. The molecule has 4 heteroatoms. The van der Waals surface area contributed by atoms with Gasteiger partial charge in [0, 0.05) is 16.5 Å². The summed E-state index contributed by atoms with van der Waals surface area (Å²) in [5.74, 6) is 0.612. The van der Waals surface area contributed by atoms with Crippen molar-refractivity contribution < 1.29 is 9.53 Å². The predicted octanol–water partition coefficient (Wildman–Crippen LogP) is 4.86. The van der Waals surface area contributed by atoms with Gasteiger partial charge in [-0.3, -0.25) is 4.79 Å². The molecular weight excluding hydrogens is 318 g/mol. The van der Waals surface area contributed by atoms with Crippen LogP contribution in [0.3, 0.4) is 0 Å². The molecule has 0 fully saturated rings. The number of nitrogens with zero attached hydrogens (tertiary/aromatic N) is 1. The van der Waals surface area contributed by atoms with Crippen molar-refractivity contribution in [1.82, 2.24) is 4.98 Å². The van der Waals surface area contributed by atoms with Gasteiger partial charge in [0.25, 0.3) is 0 Å². The lowest BCUT2D eigenvalue weighted by molar-refractivity contribution is 0.104. The molecule has 2 aromatic carbocycles. The number of benzene rings is 2. The maximum atomic E-state index is 12.4. The summed E-state index contributed by atoms with van der Waals surface area (Å²) >= 11 is 1.57. The molecular formula is C20H17NO2S. The third-order valence-corrected chi connectivity index (χ3v) is 4.39. The third-order valence-electron chi connectivity index (χ3n) is 3.68. The van der Waals surface area contributed by atoms with Gasteiger partial charge >= 0.3 is 0 Å². The summed E-state index contributed by atoms with van der Waals surface area (Å²) in [4.78, 5) is 17.0. The Morgan fingerprint density at radius 2 is 1.96 bits per heavy atom. The monoisotopic (exact) mass is 335 g/mol. The minimum atomic E-state index is -0.0610. The largest absolute Gasteiger partial charge is 0.497 e. The third kappa shape index (κ3) is 3.49. The Kier molecular flexibility index (Phi) is 4.96. The fourth-order valence-corrected chi connectivity index (χ4v) is 2.99. The average Bonchev–Trinajstić information content (AvgIpc) is 2.65. The number of hydrogen-bond acceptors (Lipinski definition) is 4. The first-order chi connectivity index (χ1) is 11.7. The molecule has 3 nitrogen and oxygen atoms in total. The number of methoxy groups -OCH3 is 1. The van der Waals surface area contributed by atoms with E-state index < -0.39 is 0 Å². The summed E-state index contributed by atoms with van der Waals surface area (Å²) in [6.07, 6.45) is 5.39. The second kappa shape index (κ2) is 7.32. The Morgan fingerprint density at radius 3 is 2.75 bits per heavy atom. The van der Waals surface area contributed by atoms with Crippen molar-refractivity contribution in [3.05, 3.63) is 71.8 Å². The molecule has 0 saturated heterocycles. The second-order valence-electron chi connectivity index (χ2n) is 5.21. The van der Waals surface area contributed by atoms with Gasteiger partial charge in [-0.1, -0.05) is 30.3 Å². The Morgan fingerprint density at radius 1 is 1.12 bits per heavy atom. The van der Waals surface area contributed by atoms with Crippen LogP contribution in [-0.4, -0.2) is 24.1 Å². The van der Waals surface area contributed by atoms with E-state index in [1.807, 2.05) is 48.7 Å². The minimum absolute atomic E-state index is 0.0610. The molecule has 3 rings (SSSR count). The molecule has 0 radical (unpaired) electrons. The zero-order chi connectivity index (χ0) is 16.9. The lowest BCUT2D eigenvalue weighted by Crippen LogP contribution is -1.95. The fourth-order valence-electron chi connectivity index (χ4n) is 2.44. The van der Waals surface area contributed by atoms with Crippen LogP contribution in [0.2, 0.25) is 0 Å². The number of para-hydroxylation sites is 1. The summed E-state index contributed by atoms with van der Waals surface area (Å²) < 4.78 is 5.16. The van der Waals surface area contributed by atoms with Crippen molar-refractivity contribution in [1.29, 1.82) is 0 Å². The Bertz CT molecular complexity index is 918. The molecule has 3 aromatic rings. The van der Waals surface area contributed by atoms with E-state index in [2.05, 4.69) is 11.1 Å². The summed E-state index contributed by atoms with van der Waals surface area (Å²) in [6.45, 7) is 0. The topological polar surface area (TPSA) is 39.2 Å². The van der Waals surface area contributed by atoms with Gasteiger partial charge in [-0.05, 0) is 42.7 Å². The van der Waals surface area contributed by atoms with Crippen molar-refractivity contribution in [3.8, 4) is 5.75 Å². The quantitative estimate of drug-likeness (QED) is 0.379. The van der Waals surface area contributed by atoms with Crippen LogP contribution in [-0.2, 0) is 0 Å². The molecule has 120 valence electrons. The van der Waals surface area contributed by atoms with Crippen LogP contribution in [0.5, 0.6) is 5.75 Å². The Hall–Kier alpha value is -2.59. The van der Waals surface area contributed by atoms with E-state index in [-0.39, 0.29) is 5.78 Å². The molecule has 0 bridgehead atoms. The van der Waals surface area contributed by atoms with Gasteiger partial charge in [0.1, 0.15) is 10.8 Å². The number of carbonyl (C=O) groups is 1. The molecule has 0 N–H and O–H groups in total. The molecule has 0 spiro atoms. The van der Waals surface area contributed by atoms with Crippen LogP contribution < -0.4 is 4.74 Å². The van der Waals surface area contributed by atoms with Gasteiger partial charge in [0.15, 0.2) is 5.78 Å². The average molecular weight is 335 g/mol. The smallest absolute Gasteiger partial charge is 0.185 e. The summed E-state index contributed by atoms with van der Waals surface area (Å²) in [6, 6.07) is 17.2. The molecule has 0 unspecified atom stereocenters. The van der Waals surface area contributed by atoms with Gasteiger partial charge in [-0.25, -0.2) is 4.98 Å². The fraction of sp³-hybridized carbons (Fsp3) is 0.100. The summed E-state index contributed by atoms with van der Waals surface area (Å²) in [7, 11) is 1.59. The van der Waals surface area contributed by atoms with Gasteiger partial charge in [-0.15, -0.1) is 11.8 Å². The number of thioether (sulfide) groups is 1. The molecule has 0 atom stereocenters. The molecule has 0 aliphatic rings. The lowest BCUT2D eigenvalue weighted by atomic mass is 10.1. The maximum Gasteiger partial charge on any atom is 0.185 e. The molecule has 0 aliphatic carbocycles. The van der Waals surface area contributed by atoms with E-state index in [4.69, 9.17) is 4.74 Å². The highest BCUT2D eigenvalue weighted by molar-refractivity contribution is 7.98. The van der Waals surface area contributed by atoms with Crippen LogP contribution in [0.25, 0.3) is 17.0 Å². The Balaban J connectivity index is 1.93. The van der Waals surface area contributed by atoms with Crippen LogP contribution in [0.4, 0.5) is 0 Å². The van der Waals surface area contributed by atoms with E-state index in [0.717, 1.165) is 21.5 Å². The number of hydrogen-bond donors (Lipinski definition) is 0. The van der Waals surface area contributed by atoms with E-state index in [1.165, 1.54) is 0 Å². The number of ketones is 1. The first-order valence-electron chi connectivity index (χ1n) is 7.51. The van der Waals surface area contributed by atoms with Crippen LogP contribution in [0.1, 0.15) is 15.9 Å². The number of carbonyl (C=O) groups excluding carboxylic acids is 1. The van der Waals surface area contributed by atoms with Crippen LogP contribution in [0, 0.1) is 0 Å². The molecule has 0 aliphatic heterocycles. The lowest BCUT2D eigenvalue weighted by Gasteiger charge is -2.05. The van der Waals surface area contributed by atoms with E-state index in [9.17, 15) is 4.79 Å². The number of allylic oxidation sites excluding steroid dienone is 1. The number of aromatic nitrogens is 1. The number of pyridine rings is 1. The van der Waals surface area contributed by atoms with E-state index in [0.29, 0.717) is 11.3 Å². The zero-order valence-corrected chi connectivity index (χ0v) is 14.3. The zero-order valence-electron chi connectivity index (χ0n) is 13.5. The second-order valence-corrected chi connectivity index (χ2v) is 6.00. The number of ether oxygens (including phenoxy) is 1. The predicted molar refractivity (Wildman–Crippen MR) is 99.9 cm³/mol. The SMILES string of the molecule is COc1cccc(C(=O)C=Cc2cc3ccccc3nc2SC)c1. The Labute approximate surface area is 145 Å². The van der Waals surface area contributed by atoms with Crippen LogP contribution in [0.15, 0.2) is 65.7 Å². The molecule has 0 saturated carbocycles. The summed E-state index contributed by atoms with van der Waals surface area (Å²) in [5.41, 5.74) is 2.50. The van der Waals surface area contributed by atoms with Crippen LogP contribution >= 0.6 is 11.8 Å². The van der Waals surface area contributed by atoms with Crippen molar-refractivity contribution in [2.24, 2.45) is 0 Å². The highest BCUT2D eigenvalue weighted by Gasteiger charge is 2.06. The number of fused-ring (bicyclic) bond motifs is 1. The van der Waals surface area contributed by atoms with Crippen molar-refractivity contribution >= 4 is 34.5 Å². The van der Waals surface area contributed by atoms with Crippen molar-refractivity contribution in [2.75, 3.05) is 13.4 Å². The van der Waals surface area contributed by atoms with Gasteiger partial charge in [0.2, 0.25) is 0 Å². The van der Waals surface area contributed by atoms with E-state index in [1.54, 1.807) is 37.1 Å². The van der Waals surface area contributed by atoms with Crippen molar-refractivity contribution in [2.45, 2.75) is 5.03 Å². The standard InChI is InChI=1S/C20H17NO2S/c1-23-17-8-5-7-15(13-17)19(22)11-10-16-12-14-6-3-4-9-18(14)21-20(16)24-2/h3-13H,1-2H3. The van der Waals surface area contributed by atoms with Gasteiger partial charge in [0.05, 0.1) is 12.6 Å². The first-order valence-corrected chi connectivity index (χ1v) is 8.74. The first kappa shape index (κ1) is 16.3. The number of rotatable bonds is 5. The molecule has 1 heterocycles. The molecule has 0 amide bonds.